The highest BCUT2D eigenvalue weighted by Crippen LogP contribution is 2.32. The fourth-order valence-corrected chi connectivity index (χ4v) is 4.51. The Morgan fingerprint density at radius 3 is 2.27 bits per heavy atom. The summed E-state index contributed by atoms with van der Waals surface area (Å²) >= 11 is 6.30. The van der Waals surface area contributed by atoms with E-state index in [1.165, 1.54) is 11.1 Å². The van der Waals surface area contributed by atoms with Gasteiger partial charge in [-0.2, -0.15) is 0 Å². The molecule has 1 aromatic carbocycles. The van der Waals surface area contributed by atoms with Gasteiger partial charge in [-0.1, -0.05) is 65.9 Å². The van der Waals surface area contributed by atoms with Crippen molar-refractivity contribution in [3.63, 3.8) is 0 Å². The van der Waals surface area contributed by atoms with Crippen LogP contribution < -0.4 is 10.0 Å². The Morgan fingerprint density at radius 1 is 1.00 bits per heavy atom. The molecular weight excluding hydrogens is 363 g/mol. The lowest BCUT2D eigenvalue weighted by Gasteiger charge is -2.21. The average Bonchev–Trinajstić information content (AvgIpc) is 2.68. The van der Waals surface area contributed by atoms with Gasteiger partial charge in [-0.25, -0.2) is 0 Å². The van der Waals surface area contributed by atoms with Crippen LogP contribution in [0.3, 0.4) is 0 Å². The van der Waals surface area contributed by atoms with Crippen LogP contribution in [-0.4, -0.2) is 13.9 Å². The SMILES string of the molecule is COCOc1c(CC2C=CC=CC2)cc(CC2C=CC=CC2)cc1PCl. The molecule has 0 aliphatic heterocycles. The van der Waals surface area contributed by atoms with E-state index in [1.807, 2.05) is 0 Å². The number of benzene rings is 1. The van der Waals surface area contributed by atoms with Crippen molar-refractivity contribution in [3.05, 3.63) is 71.9 Å². The molecule has 138 valence electrons. The summed E-state index contributed by atoms with van der Waals surface area (Å²) in [6, 6.07) is 4.52. The second-order valence-electron chi connectivity index (χ2n) is 6.80. The number of hydrogen-bond acceptors (Lipinski definition) is 2. The first-order valence-corrected chi connectivity index (χ1v) is 11.1. The highest BCUT2D eigenvalue weighted by atomic mass is 35.7. The van der Waals surface area contributed by atoms with E-state index in [-0.39, 0.29) is 14.7 Å². The van der Waals surface area contributed by atoms with Gasteiger partial charge in [-0.05, 0) is 54.7 Å². The van der Waals surface area contributed by atoms with E-state index in [1.54, 1.807) is 7.11 Å². The van der Waals surface area contributed by atoms with Crippen molar-refractivity contribution >= 4 is 24.5 Å². The summed E-state index contributed by atoms with van der Waals surface area (Å²) in [5, 5.41) is 1.09. The second-order valence-corrected chi connectivity index (χ2v) is 8.10. The number of halogens is 1. The van der Waals surface area contributed by atoms with Gasteiger partial charge >= 0.3 is 0 Å². The van der Waals surface area contributed by atoms with Crippen LogP contribution in [0.25, 0.3) is 0 Å². The van der Waals surface area contributed by atoms with Gasteiger partial charge in [0.1, 0.15) is 5.75 Å². The van der Waals surface area contributed by atoms with Gasteiger partial charge in [-0.3, -0.25) is 0 Å². The van der Waals surface area contributed by atoms with Crippen molar-refractivity contribution in [1.82, 2.24) is 0 Å². The van der Waals surface area contributed by atoms with E-state index in [0.29, 0.717) is 11.8 Å². The summed E-state index contributed by atoms with van der Waals surface area (Å²) in [5.74, 6) is 1.97. The number of ether oxygens (including phenoxy) is 2. The monoisotopic (exact) mass is 388 g/mol. The number of hydrogen-bond donors (Lipinski definition) is 0. The minimum absolute atomic E-state index is 0.185. The Hall–Kier alpha value is -1.34. The van der Waals surface area contributed by atoms with E-state index < -0.39 is 0 Å². The van der Waals surface area contributed by atoms with Crippen molar-refractivity contribution in [2.45, 2.75) is 25.7 Å². The minimum atomic E-state index is 0.185. The first-order chi connectivity index (χ1) is 12.8. The summed E-state index contributed by atoms with van der Waals surface area (Å²) in [6.45, 7) is 0.247. The standard InChI is InChI=1S/C22H26ClO2P/c1-24-16-25-22-20(13-18-10-6-3-7-11-18)14-19(15-21(22)26-23)12-17-8-4-2-5-9-17/h2-8,10,14-15,17-18,26H,9,11-13,16H2,1H3. The third kappa shape index (κ3) is 5.33. The van der Waals surface area contributed by atoms with E-state index in [2.05, 4.69) is 60.7 Å². The molecule has 4 heteroatoms. The smallest absolute Gasteiger partial charge is 0.188 e. The molecule has 2 aliphatic carbocycles. The molecular formula is C22H26ClO2P. The van der Waals surface area contributed by atoms with Gasteiger partial charge < -0.3 is 9.47 Å². The molecule has 0 spiro atoms. The van der Waals surface area contributed by atoms with Crippen LogP contribution in [0.4, 0.5) is 0 Å². The zero-order valence-corrected chi connectivity index (χ0v) is 16.9. The maximum Gasteiger partial charge on any atom is 0.188 e. The molecule has 0 fully saturated rings. The van der Waals surface area contributed by atoms with Crippen molar-refractivity contribution in [2.24, 2.45) is 11.8 Å². The third-order valence-electron chi connectivity index (χ3n) is 4.77. The second kappa shape index (κ2) is 10.1. The average molecular weight is 389 g/mol. The fraction of sp³-hybridized carbons (Fsp3) is 0.364. The van der Waals surface area contributed by atoms with Crippen molar-refractivity contribution in [2.75, 3.05) is 13.9 Å². The van der Waals surface area contributed by atoms with E-state index in [4.69, 9.17) is 20.7 Å². The minimum Gasteiger partial charge on any atom is -0.467 e. The Balaban J connectivity index is 1.86. The Kier molecular flexibility index (Phi) is 7.55. The fourth-order valence-electron chi connectivity index (χ4n) is 3.53. The van der Waals surface area contributed by atoms with Gasteiger partial charge in [0.25, 0.3) is 0 Å². The van der Waals surface area contributed by atoms with E-state index >= 15 is 0 Å². The van der Waals surface area contributed by atoms with Crippen LogP contribution in [0.1, 0.15) is 24.0 Å². The van der Waals surface area contributed by atoms with Crippen molar-refractivity contribution in [3.8, 4) is 5.75 Å². The first-order valence-electron chi connectivity index (χ1n) is 9.11. The molecule has 3 unspecified atom stereocenters. The topological polar surface area (TPSA) is 18.5 Å². The summed E-state index contributed by atoms with van der Waals surface area (Å²) in [6.07, 6.45) is 21.7. The highest BCUT2D eigenvalue weighted by Gasteiger charge is 2.17. The maximum absolute atomic E-state index is 6.30. The first kappa shape index (κ1) is 19.4. The molecule has 0 saturated carbocycles. The Morgan fingerprint density at radius 2 is 1.69 bits per heavy atom. The summed E-state index contributed by atoms with van der Waals surface area (Å²) in [4.78, 5) is 0. The lowest BCUT2D eigenvalue weighted by molar-refractivity contribution is 0.0511. The maximum atomic E-state index is 6.30. The molecule has 3 atom stereocenters. The molecule has 0 amide bonds. The molecule has 3 rings (SSSR count). The molecule has 0 heterocycles. The van der Waals surface area contributed by atoms with E-state index in [0.717, 1.165) is 36.7 Å². The molecule has 2 aliphatic rings. The zero-order valence-electron chi connectivity index (χ0n) is 15.2. The van der Waals surface area contributed by atoms with Crippen LogP contribution in [0, 0.1) is 11.8 Å². The van der Waals surface area contributed by atoms with Gasteiger partial charge in [0.2, 0.25) is 0 Å². The largest absolute Gasteiger partial charge is 0.467 e. The lowest BCUT2D eigenvalue weighted by atomic mass is 9.89. The molecule has 1 aromatic rings. The predicted molar refractivity (Wildman–Crippen MR) is 113 cm³/mol. The molecule has 0 aromatic heterocycles. The molecule has 0 radical (unpaired) electrons. The Bertz CT molecular complexity index is 721. The van der Waals surface area contributed by atoms with Crippen LogP contribution in [0.5, 0.6) is 5.75 Å². The molecule has 26 heavy (non-hydrogen) atoms. The molecule has 0 bridgehead atoms. The third-order valence-corrected chi connectivity index (χ3v) is 5.95. The molecule has 0 saturated heterocycles. The van der Waals surface area contributed by atoms with Gasteiger partial charge in [0, 0.05) is 20.3 Å². The van der Waals surface area contributed by atoms with Crippen LogP contribution in [0.15, 0.2) is 60.7 Å². The highest BCUT2D eigenvalue weighted by molar-refractivity contribution is 7.75. The van der Waals surface area contributed by atoms with E-state index in [9.17, 15) is 0 Å². The van der Waals surface area contributed by atoms with Crippen molar-refractivity contribution in [1.29, 1.82) is 0 Å². The van der Waals surface area contributed by atoms with Gasteiger partial charge in [0.15, 0.2) is 6.79 Å². The summed E-state index contributed by atoms with van der Waals surface area (Å²) in [5.41, 5.74) is 2.58. The van der Waals surface area contributed by atoms with Crippen LogP contribution in [0.2, 0.25) is 0 Å². The van der Waals surface area contributed by atoms with Crippen molar-refractivity contribution < 1.29 is 9.47 Å². The zero-order chi connectivity index (χ0) is 18.2. The summed E-state index contributed by atoms with van der Waals surface area (Å²) in [7, 11) is 1.83. The van der Waals surface area contributed by atoms with Gasteiger partial charge in [0.05, 0.1) is 0 Å². The molecule has 2 nitrogen and oxygen atoms in total. The normalized spacial score (nSPS) is 21.8. The lowest BCUT2D eigenvalue weighted by Crippen LogP contribution is -2.14. The number of allylic oxidation sites excluding steroid dienone is 8. The summed E-state index contributed by atoms with van der Waals surface area (Å²) < 4.78 is 11.1. The van der Waals surface area contributed by atoms with Crippen LogP contribution >= 0.6 is 19.2 Å². The van der Waals surface area contributed by atoms with Gasteiger partial charge in [-0.15, -0.1) is 0 Å². The number of methoxy groups -OCH3 is 1. The van der Waals surface area contributed by atoms with Crippen LogP contribution in [-0.2, 0) is 17.6 Å². The Labute approximate surface area is 163 Å². The molecule has 0 N–H and O–H groups in total. The quantitative estimate of drug-likeness (QED) is 0.434. The predicted octanol–water partition coefficient (Wildman–Crippen LogP) is 5.48. The number of rotatable bonds is 8.